The van der Waals surface area contributed by atoms with E-state index in [1.807, 2.05) is 0 Å². The maximum absolute atomic E-state index is 2.33. The highest BCUT2D eigenvalue weighted by atomic mass is 14.0. The zero-order valence-corrected chi connectivity index (χ0v) is 8.27. The summed E-state index contributed by atoms with van der Waals surface area (Å²) in [6, 6.07) is 0. The fraction of sp³-hybridized carbons (Fsp3) is 0.818. The van der Waals surface area contributed by atoms with Crippen LogP contribution in [-0.2, 0) is 0 Å². The quantitative estimate of drug-likeness (QED) is 0.504. The summed E-state index contributed by atoms with van der Waals surface area (Å²) in [7, 11) is 0. The Labute approximate surface area is 71.7 Å². The second kappa shape index (κ2) is 7.84. The molecule has 11 heavy (non-hydrogen) atoms. The molecule has 0 spiro atoms. The van der Waals surface area contributed by atoms with Gasteiger partial charge in [0.15, 0.2) is 0 Å². The van der Waals surface area contributed by atoms with Gasteiger partial charge in [-0.2, -0.15) is 0 Å². The molecule has 0 heterocycles. The molecule has 1 unspecified atom stereocenters. The van der Waals surface area contributed by atoms with E-state index in [0.29, 0.717) is 0 Å². The van der Waals surface area contributed by atoms with Crippen LogP contribution in [0, 0.1) is 5.92 Å². The van der Waals surface area contributed by atoms with E-state index in [1.54, 1.807) is 0 Å². The van der Waals surface area contributed by atoms with Crippen LogP contribution in [0.3, 0.4) is 0 Å². The minimum atomic E-state index is 0.904. The van der Waals surface area contributed by atoms with Gasteiger partial charge in [0, 0.05) is 0 Å². The molecular weight excluding hydrogens is 132 g/mol. The van der Waals surface area contributed by atoms with Gasteiger partial charge in [-0.3, -0.25) is 0 Å². The lowest BCUT2D eigenvalue weighted by Crippen LogP contribution is -1.89. The smallest absolute Gasteiger partial charge is 0.0348 e. The monoisotopic (exact) mass is 154 g/mol. The standard InChI is InChI=1S/C11H22/c1-4-6-7-8-9-10-11(3)5-2/h7-8,11H,4-6,9-10H2,1-3H3/b8-7-. The first-order chi connectivity index (χ1) is 5.31. The summed E-state index contributed by atoms with van der Waals surface area (Å²) in [5.74, 6) is 0.904. The molecule has 0 radical (unpaired) electrons. The first-order valence-corrected chi connectivity index (χ1v) is 4.96. The second-order valence-corrected chi connectivity index (χ2v) is 3.35. The third-order valence-corrected chi connectivity index (χ3v) is 2.15. The number of unbranched alkanes of at least 4 members (excludes halogenated alkanes) is 1. The Morgan fingerprint density at radius 1 is 1.09 bits per heavy atom. The van der Waals surface area contributed by atoms with Crippen LogP contribution in [0.15, 0.2) is 12.2 Å². The average molecular weight is 154 g/mol. The molecule has 0 nitrogen and oxygen atoms in total. The fourth-order valence-electron chi connectivity index (χ4n) is 0.987. The number of hydrogen-bond donors (Lipinski definition) is 0. The van der Waals surface area contributed by atoms with Gasteiger partial charge in [0.1, 0.15) is 0 Å². The summed E-state index contributed by atoms with van der Waals surface area (Å²) in [6.07, 6.45) is 11.1. The molecule has 0 aliphatic heterocycles. The van der Waals surface area contributed by atoms with Gasteiger partial charge in [0.25, 0.3) is 0 Å². The van der Waals surface area contributed by atoms with Gasteiger partial charge in [0.2, 0.25) is 0 Å². The summed E-state index contributed by atoms with van der Waals surface area (Å²) in [5, 5.41) is 0. The Hall–Kier alpha value is -0.260. The Morgan fingerprint density at radius 2 is 1.73 bits per heavy atom. The molecule has 0 aromatic heterocycles. The zero-order valence-electron chi connectivity index (χ0n) is 8.27. The molecule has 0 bridgehead atoms. The summed E-state index contributed by atoms with van der Waals surface area (Å²) in [4.78, 5) is 0. The van der Waals surface area contributed by atoms with E-state index in [4.69, 9.17) is 0 Å². The maximum Gasteiger partial charge on any atom is -0.0348 e. The molecule has 0 aliphatic carbocycles. The predicted molar refractivity (Wildman–Crippen MR) is 52.7 cm³/mol. The Morgan fingerprint density at radius 3 is 2.27 bits per heavy atom. The van der Waals surface area contributed by atoms with E-state index < -0.39 is 0 Å². The molecule has 0 rings (SSSR count). The highest BCUT2D eigenvalue weighted by Gasteiger charge is 1.94. The van der Waals surface area contributed by atoms with Crippen molar-refractivity contribution in [3.8, 4) is 0 Å². The van der Waals surface area contributed by atoms with Gasteiger partial charge >= 0.3 is 0 Å². The lowest BCUT2D eigenvalue weighted by Gasteiger charge is -2.03. The van der Waals surface area contributed by atoms with Crippen LogP contribution in [0.4, 0.5) is 0 Å². The highest BCUT2D eigenvalue weighted by molar-refractivity contribution is 4.81. The van der Waals surface area contributed by atoms with Crippen molar-refractivity contribution >= 4 is 0 Å². The lowest BCUT2D eigenvalue weighted by molar-refractivity contribution is 0.521. The lowest BCUT2D eigenvalue weighted by atomic mass is 10.0. The summed E-state index contributed by atoms with van der Waals surface area (Å²) >= 11 is 0. The van der Waals surface area contributed by atoms with Crippen LogP contribution in [0.1, 0.15) is 52.9 Å². The van der Waals surface area contributed by atoms with E-state index >= 15 is 0 Å². The van der Waals surface area contributed by atoms with Crippen molar-refractivity contribution in [1.82, 2.24) is 0 Å². The fourth-order valence-corrected chi connectivity index (χ4v) is 0.987. The zero-order chi connectivity index (χ0) is 8.53. The molecule has 66 valence electrons. The van der Waals surface area contributed by atoms with Crippen molar-refractivity contribution in [3.63, 3.8) is 0 Å². The summed E-state index contributed by atoms with van der Waals surface area (Å²) < 4.78 is 0. The molecule has 1 atom stereocenters. The number of rotatable bonds is 6. The number of allylic oxidation sites excluding steroid dienone is 2. The van der Waals surface area contributed by atoms with Crippen LogP contribution in [-0.4, -0.2) is 0 Å². The minimum Gasteiger partial charge on any atom is -0.0885 e. The predicted octanol–water partition coefficient (Wildman–Crippen LogP) is 4.17. The molecule has 0 saturated carbocycles. The third kappa shape index (κ3) is 7.64. The van der Waals surface area contributed by atoms with Crippen LogP contribution < -0.4 is 0 Å². The van der Waals surface area contributed by atoms with Gasteiger partial charge in [-0.1, -0.05) is 45.8 Å². The molecule has 0 saturated heterocycles. The highest BCUT2D eigenvalue weighted by Crippen LogP contribution is 2.09. The van der Waals surface area contributed by atoms with Crippen LogP contribution >= 0.6 is 0 Å². The van der Waals surface area contributed by atoms with Crippen LogP contribution in [0.5, 0.6) is 0 Å². The molecular formula is C11H22. The van der Waals surface area contributed by atoms with Crippen molar-refractivity contribution in [3.05, 3.63) is 12.2 Å². The third-order valence-electron chi connectivity index (χ3n) is 2.15. The molecule has 0 heteroatoms. The van der Waals surface area contributed by atoms with E-state index in [2.05, 4.69) is 32.9 Å². The Bertz CT molecular complexity index is 92.2. The van der Waals surface area contributed by atoms with Crippen molar-refractivity contribution in [2.24, 2.45) is 5.92 Å². The molecule has 0 fully saturated rings. The van der Waals surface area contributed by atoms with Gasteiger partial charge in [-0.25, -0.2) is 0 Å². The van der Waals surface area contributed by atoms with Gasteiger partial charge in [-0.15, -0.1) is 0 Å². The molecule has 0 aromatic carbocycles. The summed E-state index contributed by atoms with van der Waals surface area (Å²) in [6.45, 7) is 6.81. The average Bonchev–Trinajstić information content (AvgIpc) is 2.04. The molecule has 0 amide bonds. The first kappa shape index (κ1) is 10.7. The van der Waals surface area contributed by atoms with Gasteiger partial charge in [-0.05, 0) is 25.2 Å². The topological polar surface area (TPSA) is 0 Å². The Balaban J connectivity index is 3.12. The SMILES string of the molecule is CCC/C=C\CCC(C)CC. The van der Waals surface area contributed by atoms with Crippen LogP contribution in [0.2, 0.25) is 0 Å². The summed E-state index contributed by atoms with van der Waals surface area (Å²) in [5.41, 5.74) is 0. The maximum atomic E-state index is 2.33. The van der Waals surface area contributed by atoms with E-state index in [-0.39, 0.29) is 0 Å². The van der Waals surface area contributed by atoms with Crippen molar-refractivity contribution < 1.29 is 0 Å². The first-order valence-electron chi connectivity index (χ1n) is 4.96. The van der Waals surface area contributed by atoms with Crippen molar-refractivity contribution in [1.29, 1.82) is 0 Å². The number of hydrogen-bond acceptors (Lipinski definition) is 0. The van der Waals surface area contributed by atoms with Gasteiger partial charge < -0.3 is 0 Å². The van der Waals surface area contributed by atoms with E-state index in [0.717, 1.165) is 5.92 Å². The molecule has 0 N–H and O–H groups in total. The molecule has 0 aromatic rings. The molecule has 0 aliphatic rings. The van der Waals surface area contributed by atoms with Gasteiger partial charge in [0.05, 0.1) is 0 Å². The normalized spacial score (nSPS) is 14.1. The van der Waals surface area contributed by atoms with E-state index in [1.165, 1.54) is 32.1 Å². The van der Waals surface area contributed by atoms with Crippen molar-refractivity contribution in [2.75, 3.05) is 0 Å². The second-order valence-electron chi connectivity index (χ2n) is 3.35. The minimum absolute atomic E-state index is 0.904. The van der Waals surface area contributed by atoms with Crippen molar-refractivity contribution in [2.45, 2.75) is 52.9 Å². The largest absolute Gasteiger partial charge is 0.0885 e. The Kier molecular flexibility index (Phi) is 7.66. The van der Waals surface area contributed by atoms with Crippen LogP contribution in [0.25, 0.3) is 0 Å². The van der Waals surface area contributed by atoms with E-state index in [9.17, 15) is 0 Å².